The molecule has 1 amide bonds. The normalized spacial score (nSPS) is 18.1. The fourth-order valence-electron chi connectivity index (χ4n) is 4.97. The molecule has 0 bridgehead atoms. The fraction of sp³-hybridized carbons (Fsp3) is 0.429. The minimum atomic E-state index is -0.120. The highest BCUT2D eigenvalue weighted by Gasteiger charge is 2.25. The molecule has 0 spiro atoms. The van der Waals surface area contributed by atoms with Crippen LogP contribution in [0.1, 0.15) is 52.9 Å². The number of nitrogens with zero attached hydrogens (tertiary/aromatic N) is 2. The molecule has 0 unspecified atom stereocenters. The highest BCUT2D eigenvalue weighted by Crippen LogP contribution is 2.32. The maximum atomic E-state index is 13.3. The number of halogens is 1. The molecular formula is C28H35ClN4O. The van der Waals surface area contributed by atoms with Crippen LogP contribution < -0.4 is 10.6 Å². The first-order valence-electron chi connectivity index (χ1n) is 12.2. The van der Waals surface area contributed by atoms with E-state index in [2.05, 4.69) is 41.8 Å². The zero-order valence-electron chi connectivity index (χ0n) is 20.6. The summed E-state index contributed by atoms with van der Waals surface area (Å²) >= 11 is 6.62. The molecule has 34 heavy (non-hydrogen) atoms. The molecule has 0 atom stereocenters. The second-order valence-electron chi connectivity index (χ2n) is 9.71. The highest BCUT2D eigenvalue weighted by molar-refractivity contribution is 6.32. The summed E-state index contributed by atoms with van der Waals surface area (Å²) < 4.78 is 1.82. The molecule has 1 saturated carbocycles. The van der Waals surface area contributed by atoms with Gasteiger partial charge in [0.05, 0.1) is 16.4 Å². The van der Waals surface area contributed by atoms with Gasteiger partial charge in [-0.25, -0.2) is 4.68 Å². The molecule has 2 N–H and O–H groups in total. The van der Waals surface area contributed by atoms with E-state index < -0.39 is 0 Å². The van der Waals surface area contributed by atoms with Crippen molar-refractivity contribution in [2.24, 2.45) is 11.8 Å². The van der Waals surface area contributed by atoms with E-state index in [0.717, 1.165) is 53.4 Å². The number of rotatable bonds is 7. The molecule has 6 heteroatoms. The topological polar surface area (TPSA) is 58.9 Å². The predicted octanol–water partition coefficient (Wildman–Crippen LogP) is 5.87. The average molecular weight is 479 g/mol. The lowest BCUT2D eigenvalue weighted by Crippen LogP contribution is -2.33. The van der Waals surface area contributed by atoms with Gasteiger partial charge >= 0.3 is 0 Å². The van der Waals surface area contributed by atoms with Crippen molar-refractivity contribution in [3.05, 3.63) is 69.9 Å². The summed E-state index contributed by atoms with van der Waals surface area (Å²) in [5.41, 5.74) is 6.25. The van der Waals surface area contributed by atoms with Crippen molar-refractivity contribution in [3.8, 4) is 16.9 Å². The van der Waals surface area contributed by atoms with Gasteiger partial charge in [0.15, 0.2) is 5.69 Å². The first kappa shape index (κ1) is 24.5. The Morgan fingerprint density at radius 3 is 2.21 bits per heavy atom. The minimum absolute atomic E-state index is 0.120. The Morgan fingerprint density at radius 1 is 0.971 bits per heavy atom. The number of hydrogen-bond donors (Lipinski definition) is 2. The number of carbonyl (C=O) groups excluding carboxylic acids is 1. The summed E-state index contributed by atoms with van der Waals surface area (Å²) in [7, 11) is 2.02. The molecule has 4 rings (SSSR count). The zero-order chi connectivity index (χ0) is 24.2. The van der Waals surface area contributed by atoms with Gasteiger partial charge in [0, 0.05) is 17.7 Å². The van der Waals surface area contributed by atoms with Crippen LogP contribution in [0.3, 0.4) is 0 Å². The van der Waals surface area contributed by atoms with Crippen molar-refractivity contribution in [3.63, 3.8) is 0 Å². The number of aryl methyl sites for hydroxylation is 2. The van der Waals surface area contributed by atoms with Gasteiger partial charge in [-0.3, -0.25) is 4.79 Å². The molecule has 1 aromatic heterocycles. The standard InChI is InChI=1S/C28H35ClN4O/c1-18-5-12-23(13-6-18)27-20(3)26(32-33(27)25-14-7-19(2)15-24(25)29)28(34)31-17-22-10-8-21(9-11-22)16-30-4/h5-7,12-15,21-22,30H,8-11,16-17H2,1-4H3,(H,31,34). The van der Waals surface area contributed by atoms with Crippen LogP contribution in [-0.2, 0) is 0 Å². The summed E-state index contributed by atoms with van der Waals surface area (Å²) in [4.78, 5) is 13.3. The number of aromatic nitrogens is 2. The Kier molecular flexibility index (Phi) is 7.74. The number of carbonyl (C=O) groups is 1. The third-order valence-corrected chi connectivity index (χ3v) is 7.31. The number of benzene rings is 2. The van der Waals surface area contributed by atoms with Crippen molar-refractivity contribution < 1.29 is 4.79 Å². The first-order chi connectivity index (χ1) is 16.4. The summed E-state index contributed by atoms with van der Waals surface area (Å²) in [6, 6.07) is 14.2. The quantitative estimate of drug-likeness (QED) is 0.446. The molecule has 1 heterocycles. The van der Waals surface area contributed by atoms with Crippen molar-refractivity contribution >= 4 is 17.5 Å². The third kappa shape index (κ3) is 5.37. The predicted molar refractivity (Wildman–Crippen MR) is 140 cm³/mol. The minimum Gasteiger partial charge on any atom is -0.350 e. The van der Waals surface area contributed by atoms with Crippen LogP contribution in [0.25, 0.3) is 16.9 Å². The van der Waals surface area contributed by atoms with E-state index in [0.29, 0.717) is 23.2 Å². The van der Waals surface area contributed by atoms with Crippen molar-refractivity contribution in [2.75, 3.05) is 20.1 Å². The van der Waals surface area contributed by atoms with E-state index in [1.165, 1.54) is 18.4 Å². The molecule has 1 aliphatic carbocycles. The van der Waals surface area contributed by atoms with Crippen LogP contribution in [0.5, 0.6) is 0 Å². The number of nitrogens with one attached hydrogen (secondary N) is 2. The molecule has 5 nitrogen and oxygen atoms in total. The van der Waals surface area contributed by atoms with Gasteiger partial charge in [-0.05, 0) is 89.6 Å². The van der Waals surface area contributed by atoms with Crippen LogP contribution in [-0.4, -0.2) is 35.8 Å². The zero-order valence-corrected chi connectivity index (χ0v) is 21.4. The van der Waals surface area contributed by atoms with Crippen molar-refractivity contribution in [1.82, 2.24) is 20.4 Å². The lowest BCUT2D eigenvalue weighted by Gasteiger charge is -2.28. The van der Waals surface area contributed by atoms with Crippen LogP contribution in [0.2, 0.25) is 5.02 Å². The van der Waals surface area contributed by atoms with Crippen LogP contribution in [0.4, 0.5) is 0 Å². The Hall–Kier alpha value is -2.63. The smallest absolute Gasteiger partial charge is 0.272 e. The lowest BCUT2D eigenvalue weighted by molar-refractivity contribution is 0.0935. The summed E-state index contributed by atoms with van der Waals surface area (Å²) in [5, 5.41) is 11.8. The average Bonchev–Trinajstić information content (AvgIpc) is 3.16. The molecular weight excluding hydrogens is 444 g/mol. The van der Waals surface area contributed by atoms with E-state index in [-0.39, 0.29) is 5.91 Å². The van der Waals surface area contributed by atoms with E-state index >= 15 is 0 Å². The first-order valence-corrected chi connectivity index (χ1v) is 12.6. The molecule has 3 aromatic rings. The van der Waals surface area contributed by atoms with Crippen LogP contribution >= 0.6 is 11.6 Å². The highest BCUT2D eigenvalue weighted by atomic mass is 35.5. The van der Waals surface area contributed by atoms with Gasteiger partial charge in [0.1, 0.15) is 0 Å². The molecule has 180 valence electrons. The monoisotopic (exact) mass is 478 g/mol. The Balaban J connectivity index is 1.60. The Morgan fingerprint density at radius 2 is 1.59 bits per heavy atom. The van der Waals surface area contributed by atoms with E-state index in [9.17, 15) is 4.79 Å². The maximum Gasteiger partial charge on any atom is 0.272 e. The number of hydrogen-bond acceptors (Lipinski definition) is 3. The van der Waals surface area contributed by atoms with E-state index in [1.54, 1.807) is 0 Å². The van der Waals surface area contributed by atoms with Gasteiger partial charge < -0.3 is 10.6 Å². The van der Waals surface area contributed by atoms with Gasteiger partial charge in [-0.1, -0.05) is 47.5 Å². The Labute approximate surface area is 207 Å². The van der Waals surface area contributed by atoms with Gasteiger partial charge in [-0.2, -0.15) is 5.10 Å². The molecule has 1 aliphatic rings. The van der Waals surface area contributed by atoms with Crippen LogP contribution in [0.15, 0.2) is 42.5 Å². The number of amides is 1. The molecule has 0 radical (unpaired) electrons. The second kappa shape index (κ2) is 10.7. The summed E-state index contributed by atoms with van der Waals surface area (Å²) in [6.07, 6.45) is 4.76. The van der Waals surface area contributed by atoms with Gasteiger partial charge in [0.2, 0.25) is 0 Å². The molecule has 0 aliphatic heterocycles. The van der Waals surface area contributed by atoms with Crippen molar-refractivity contribution in [1.29, 1.82) is 0 Å². The van der Waals surface area contributed by atoms with Crippen molar-refractivity contribution in [2.45, 2.75) is 46.5 Å². The SMILES string of the molecule is CNCC1CCC(CNC(=O)c2nn(-c3ccc(C)cc3Cl)c(-c3ccc(C)cc3)c2C)CC1. The van der Waals surface area contributed by atoms with Crippen LogP contribution in [0, 0.1) is 32.6 Å². The lowest BCUT2D eigenvalue weighted by atomic mass is 9.82. The molecule has 0 saturated heterocycles. The molecule has 1 fully saturated rings. The summed E-state index contributed by atoms with van der Waals surface area (Å²) in [5.74, 6) is 1.17. The Bertz CT molecular complexity index is 1140. The van der Waals surface area contributed by atoms with E-state index in [1.807, 2.05) is 43.8 Å². The molecule has 2 aromatic carbocycles. The van der Waals surface area contributed by atoms with E-state index in [4.69, 9.17) is 16.7 Å². The largest absolute Gasteiger partial charge is 0.350 e. The maximum absolute atomic E-state index is 13.3. The van der Waals surface area contributed by atoms with Gasteiger partial charge in [-0.15, -0.1) is 0 Å². The second-order valence-corrected chi connectivity index (χ2v) is 10.1. The summed E-state index contributed by atoms with van der Waals surface area (Å²) in [6.45, 7) is 7.83. The third-order valence-electron chi connectivity index (χ3n) is 7.00. The van der Waals surface area contributed by atoms with Gasteiger partial charge in [0.25, 0.3) is 5.91 Å². The fourth-order valence-corrected chi connectivity index (χ4v) is 5.28.